The molecule has 2 fully saturated rings. The van der Waals surface area contributed by atoms with Crippen molar-refractivity contribution in [3.05, 3.63) is 0 Å². The topological polar surface area (TPSA) is 0 Å². The molecule has 1 unspecified atom stereocenters. The van der Waals surface area contributed by atoms with Crippen molar-refractivity contribution in [1.29, 1.82) is 0 Å². The van der Waals surface area contributed by atoms with Crippen LogP contribution in [0.25, 0.3) is 0 Å². The normalized spacial score (nSPS) is 49.7. The van der Waals surface area contributed by atoms with Gasteiger partial charge in [-0.3, -0.25) is 0 Å². The van der Waals surface area contributed by atoms with E-state index in [0.29, 0.717) is 0 Å². The predicted molar refractivity (Wildman–Crippen MR) is 39.3 cm³/mol. The minimum Gasteiger partial charge on any atom is -0.0594 e. The molecule has 0 heteroatoms. The summed E-state index contributed by atoms with van der Waals surface area (Å²) in [7, 11) is 0. The van der Waals surface area contributed by atoms with Gasteiger partial charge in [0.25, 0.3) is 0 Å². The van der Waals surface area contributed by atoms with E-state index in [9.17, 15) is 0 Å². The molecule has 0 bridgehead atoms. The number of fused-ring (bicyclic) bond motifs is 1. The second-order valence-corrected chi connectivity index (χ2v) is 4.14. The van der Waals surface area contributed by atoms with Crippen LogP contribution in [0.1, 0.15) is 45.4 Å². The molecule has 0 saturated heterocycles. The molecule has 0 amide bonds. The first kappa shape index (κ1) is 5.76. The summed E-state index contributed by atoms with van der Waals surface area (Å²) in [6, 6.07) is 0. The van der Waals surface area contributed by atoms with Gasteiger partial charge in [0, 0.05) is 0 Å². The third-order valence-corrected chi connectivity index (χ3v) is 3.60. The van der Waals surface area contributed by atoms with E-state index in [-0.39, 0.29) is 0 Å². The average Bonchev–Trinajstić information content (AvgIpc) is 1.82. The van der Waals surface area contributed by atoms with E-state index in [4.69, 9.17) is 0 Å². The highest BCUT2D eigenvalue weighted by Gasteiger charge is 2.43. The van der Waals surface area contributed by atoms with Crippen molar-refractivity contribution in [3.63, 3.8) is 0 Å². The van der Waals surface area contributed by atoms with Crippen molar-refractivity contribution < 1.29 is 0 Å². The van der Waals surface area contributed by atoms with Crippen molar-refractivity contribution in [2.45, 2.75) is 45.4 Å². The molecule has 0 heterocycles. The van der Waals surface area contributed by atoms with Crippen LogP contribution in [-0.2, 0) is 0 Å². The fourth-order valence-electron chi connectivity index (χ4n) is 2.58. The summed E-state index contributed by atoms with van der Waals surface area (Å²) in [5.74, 6) is 1.13. The van der Waals surface area contributed by atoms with Gasteiger partial charge in [-0.2, -0.15) is 0 Å². The lowest BCUT2D eigenvalue weighted by molar-refractivity contribution is 0.00542. The molecule has 2 atom stereocenters. The van der Waals surface area contributed by atoms with Crippen LogP contribution >= 0.6 is 0 Å². The van der Waals surface area contributed by atoms with Crippen molar-refractivity contribution >= 4 is 0 Å². The van der Waals surface area contributed by atoms with Crippen molar-refractivity contribution in [2.24, 2.45) is 11.3 Å². The number of hydrogen-bond acceptors (Lipinski definition) is 0. The highest BCUT2D eigenvalue weighted by molar-refractivity contribution is 4.94. The molecule has 0 aliphatic heterocycles. The lowest BCUT2D eigenvalue weighted by Crippen LogP contribution is -2.39. The molecule has 0 radical (unpaired) electrons. The molecule has 0 aromatic heterocycles. The minimum absolute atomic E-state index is 0.818. The van der Waals surface area contributed by atoms with Crippen LogP contribution in [0, 0.1) is 11.3 Å². The predicted octanol–water partition coefficient (Wildman–Crippen LogP) is 2.98. The highest BCUT2D eigenvalue weighted by atomic mass is 14.5. The van der Waals surface area contributed by atoms with E-state index < -0.39 is 0 Å². The summed E-state index contributed by atoms with van der Waals surface area (Å²) < 4.78 is 0. The Bertz CT molecular complexity index is 117. The lowest BCUT2D eigenvalue weighted by Gasteiger charge is -2.50. The van der Waals surface area contributed by atoms with Gasteiger partial charge in [-0.25, -0.2) is 0 Å². The molecule has 2 rings (SSSR count). The zero-order valence-electron chi connectivity index (χ0n) is 6.32. The van der Waals surface area contributed by atoms with E-state index in [0.717, 1.165) is 11.3 Å². The van der Waals surface area contributed by atoms with Crippen LogP contribution in [0.15, 0.2) is 0 Å². The van der Waals surface area contributed by atoms with Gasteiger partial charge in [-0.15, -0.1) is 0 Å². The number of rotatable bonds is 0. The zero-order chi connectivity index (χ0) is 6.32. The maximum Gasteiger partial charge on any atom is -0.0297 e. The fraction of sp³-hybridized carbons (Fsp3) is 1.00. The first-order valence-corrected chi connectivity index (χ1v) is 4.31. The van der Waals surface area contributed by atoms with Gasteiger partial charge in [0.15, 0.2) is 0 Å². The van der Waals surface area contributed by atoms with Crippen LogP contribution in [0.5, 0.6) is 0 Å². The van der Waals surface area contributed by atoms with E-state index in [1.54, 1.807) is 0 Å². The van der Waals surface area contributed by atoms with Crippen LogP contribution < -0.4 is 0 Å². The SMILES string of the molecule is C[C@@]12CCCCC1CC2. The Kier molecular flexibility index (Phi) is 1.12. The summed E-state index contributed by atoms with van der Waals surface area (Å²) in [6.45, 7) is 2.49. The van der Waals surface area contributed by atoms with Crippen LogP contribution in [0.4, 0.5) is 0 Å². The molecule has 0 aromatic rings. The summed E-state index contributed by atoms with van der Waals surface area (Å²) in [5.41, 5.74) is 0.818. The molecule has 2 aliphatic carbocycles. The Morgan fingerprint density at radius 1 is 1.11 bits per heavy atom. The second kappa shape index (κ2) is 1.74. The van der Waals surface area contributed by atoms with Crippen molar-refractivity contribution in [3.8, 4) is 0 Å². The van der Waals surface area contributed by atoms with Crippen LogP contribution in [-0.4, -0.2) is 0 Å². The van der Waals surface area contributed by atoms with Gasteiger partial charge in [-0.05, 0) is 37.0 Å². The maximum absolute atomic E-state index is 2.49. The van der Waals surface area contributed by atoms with Gasteiger partial charge in [0.1, 0.15) is 0 Å². The zero-order valence-corrected chi connectivity index (χ0v) is 6.32. The van der Waals surface area contributed by atoms with E-state index >= 15 is 0 Å². The monoisotopic (exact) mass is 124 g/mol. The Morgan fingerprint density at radius 3 is 2.33 bits per heavy atom. The first-order valence-electron chi connectivity index (χ1n) is 4.31. The molecule has 0 aromatic carbocycles. The molecule has 0 spiro atoms. The van der Waals surface area contributed by atoms with Gasteiger partial charge in [0.2, 0.25) is 0 Å². The maximum atomic E-state index is 2.49. The third-order valence-electron chi connectivity index (χ3n) is 3.60. The molecular formula is C9H16. The van der Waals surface area contributed by atoms with Crippen molar-refractivity contribution in [1.82, 2.24) is 0 Å². The standard InChI is InChI=1S/C9H16/c1-9-6-3-2-4-8(9)5-7-9/h8H,2-7H2,1H3/t8?,9-/m0/s1. The Hall–Kier alpha value is 0. The van der Waals surface area contributed by atoms with Gasteiger partial charge >= 0.3 is 0 Å². The summed E-state index contributed by atoms with van der Waals surface area (Å²) >= 11 is 0. The molecule has 0 N–H and O–H groups in total. The molecule has 2 aliphatic rings. The third kappa shape index (κ3) is 0.720. The summed E-state index contributed by atoms with van der Waals surface area (Å²) in [4.78, 5) is 0. The molecule has 9 heavy (non-hydrogen) atoms. The number of hydrogen-bond donors (Lipinski definition) is 0. The van der Waals surface area contributed by atoms with Crippen molar-refractivity contribution in [2.75, 3.05) is 0 Å². The Balaban J connectivity index is 2.05. The van der Waals surface area contributed by atoms with E-state index in [2.05, 4.69) is 6.92 Å². The van der Waals surface area contributed by atoms with Crippen LogP contribution in [0.3, 0.4) is 0 Å². The largest absolute Gasteiger partial charge is 0.0594 e. The van der Waals surface area contributed by atoms with Gasteiger partial charge < -0.3 is 0 Å². The highest BCUT2D eigenvalue weighted by Crippen LogP contribution is 2.54. The van der Waals surface area contributed by atoms with Gasteiger partial charge in [-0.1, -0.05) is 19.8 Å². The lowest BCUT2D eigenvalue weighted by atomic mass is 9.55. The van der Waals surface area contributed by atoms with Gasteiger partial charge in [0.05, 0.1) is 0 Å². The average molecular weight is 124 g/mol. The van der Waals surface area contributed by atoms with Crippen LogP contribution in [0.2, 0.25) is 0 Å². The first-order chi connectivity index (χ1) is 4.31. The molecule has 0 nitrogen and oxygen atoms in total. The summed E-state index contributed by atoms with van der Waals surface area (Å²) in [5, 5.41) is 0. The quantitative estimate of drug-likeness (QED) is 0.465. The summed E-state index contributed by atoms with van der Waals surface area (Å²) in [6.07, 6.45) is 9.15. The molecular weight excluding hydrogens is 108 g/mol. The molecule has 2 saturated carbocycles. The van der Waals surface area contributed by atoms with E-state index in [1.165, 1.54) is 38.5 Å². The molecule has 52 valence electrons. The Labute approximate surface area is 57.6 Å². The smallest absolute Gasteiger partial charge is 0.0297 e. The minimum atomic E-state index is 0.818. The fourth-order valence-corrected chi connectivity index (χ4v) is 2.58. The Morgan fingerprint density at radius 2 is 2.00 bits per heavy atom. The second-order valence-electron chi connectivity index (χ2n) is 4.14. The van der Waals surface area contributed by atoms with E-state index in [1.807, 2.05) is 0 Å².